The maximum atomic E-state index is 12.4. The molecule has 1 aromatic carbocycles. The van der Waals surface area contributed by atoms with Crippen molar-refractivity contribution in [2.45, 2.75) is 19.8 Å². The first-order valence-electron chi connectivity index (χ1n) is 6.91. The molecular weight excluding hydrogens is 324 g/mol. The Kier molecular flexibility index (Phi) is 5.00. The first-order chi connectivity index (χ1) is 10.8. The van der Waals surface area contributed by atoms with Crippen LogP contribution >= 0.6 is 11.6 Å². The van der Waals surface area contributed by atoms with Crippen LogP contribution in [0.1, 0.15) is 18.4 Å². The van der Waals surface area contributed by atoms with Gasteiger partial charge in [0, 0.05) is 29.1 Å². The van der Waals surface area contributed by atoms with Gasteiger partial charge >= 0.3 is 0 Å². The van der Waals surface area contributed by atoms with Gasteiger partial charge < -0.3 is 15.2 Å². The molecule has 2 rings (SSSR count). The lowest BCUT2D eigenvalue weighted by Crippen LogP contribution is -2.42. The lowest BCUT2D eigenvalue weighted by atomic mass is 9.82. The number of carbonyl (C=O) groups excluding carboxylic acids is 2. The first-order valence-corrected chi connectivity index (χ1v) is 7.28. The number of halogens is 1. The fraction of sp³-hybridized carbons (Fsp3) is 0.333. The van der Waals surface area contributed by atoms with Gasteiger partial charge in [0.25, 0.3) is 5.69 Å². The third-order valence-electron chi connectivity index (χ3n) is 3.82. The van der Waals surface area contributed by atoms with Crippen LogP contribution in [0.3, 0.4) is 0 Å². The number of hydrogen-bond donors (Lipinski definition) is 1. The number of anilines is 1. The molecule has 1 amide bonds. The summed E-state index contributed by atoms with van der Waals surface area (Å²) in [7, 11) is 0. The van der Waals surface area contributed by atoms with Gasteiger partial charge in [-0.25, -0.2) is 0 Å². The van der Waals surface area contributed by atoms with Crippen LogP contribution in [0.25, 0.3) is 0 Å². The van der Waals surface area contributed by atoms with Crippen molar-refractivity contribution in [3.8, 4) is 0 Å². The van der Waals surface area contributed by atoms with E-state index in [0.717, 1.165) is 0 Å². The van der Waals surface area contributed by atoms with E-state index >= 15 is 0 Å². The average Bonchev–Trinajstić information content (AvgIpc) is 2.48. The normalized spacial score (nSPS) is 20.5. The number of non-ortho nitro benzene ring substituents is 1. The van der Waals surface area contributed by atoms with Gasteiger partial charge in [-0.15, -0.1) is 0 Å². The van der Waals surface area contributed by atoms with Crippen LogP contribution in [0.15, 0.2) is 29.3 Å². The Morgan fingerprint density at radius 1 is 1.35 bits per heavy atom. The number of carboxylic acid groups (broad SMARTS) is 1. The molecule has 7 nitrogen and oxygen atoms in total. The van der Waals surface area contributed by atoms with Crippen LogP contribution in [-0.2, 0) is 9.59 Å². The number of carbonyl (C=O) groups is 2. The van der Waals surface area contributed by atoms with Crippen LogP contribution in [0.2, 0.25) is 0 Å². The minimum atomic E-state index is -1.32. The SMILES string of the molecule is Cc1ccc([N+](=O)[O-])cc1NC(=O)[C@@H]1CC(Cl)=CC[C@H]1C(=O)[O-]. The lowest BCUT2D eigenvalue weighted by molar-refractivity contribution is -0.384. The number of allylic oxidation sites excluding steroid dienone is 2. The number of nitro benzene ring substituents is 1. The van der Waals surface area contributed by atoms with Gasteiger partial charge in [-0.2, -0.15) is 0 Å². The molecule has 0 spiro atoms. The molecule has 1 aliphatic carbocycles. The summed E-state index contributed by atoms with van der Waals surface area (Å²) in [5.41, 5.74) is 0.738. The quantitative estimate of drug-likeness (QED) is 0.664. The fourth-order valence-corrected chi connectivity index (χ4v) is 2.73. The molecule has 2 atom stereocenters. The minimum absolute atomic E-state index is 0.0972. The van der Waals surface area contributed by atoms with E-state index in [0.29, 0.717) is 10.6 Å². The van der Waals surface area contributed by atoms with Crippen molar-refractivity contribution in [1.82, 2.24) is 0 Å². The molecule has 0 fully saturated rings. The number of amides is 1. The molecule has 0 bridgehead atoms. The first kappa shape index (κ1) is 17.0. The molecule has 0 saturated heterocycles. The molecule has 23 heavy (non-hydrogen) atoms. The number of nitrogens with zero attached hydrogens (tertiary/aromatic N) is 1. The van der Waals surface area contributed by atoms with E-state index < -0.39 is 28.6 Å². The van der Waals surface area contributed by atoms with E-state index in [4.69, 9.17) is 11.6 Å². The number of nitrogens with one attached hydrogen (secondary N) is 1. The number of nitro groups is 1. The molecule has 8 heteroatoms. The predicted octanol–water partition coefficient (Wildman–Crippen LogP) is 1.74. The van der Waals surface area contributed by atoms with Gasteiger partial charge in [-0.05, 0) is 25.3 Å². The van der Waals surface area contributed by atoms with Crippen molar-refractivity contribution < 1.29 is 19.6 Å². The number of rotatable bonds is 4. The molecule has 0 radical (unpaired) electrons. The topological polar surface area (TPSA) is 112 Å². The summed E-state index contributed by atoms with van der Waals surface area (Å²) in [6.45, 7) is 1.68. The summed E-state index contributed by atoms with van der Waals surface area (Å²) in [4.78, 5) is 33.8. The van der Waals surface area contributed by atoms with Gasteiger partial charge in [0.1, 0.15) is 0 Å². The zero-order chi connectivity index (χ0) is 17.1. The van der Waals surface area contributed by atoms with Gasteiger partial charge in [-0.3, -0.25) is 14.9 Å². The monoisotopic (exact) mass is 337 g/mol. The van der Waals surface area contributed by atoms with Crippen molar-refractivity contribution in [3.05, 3.63) is 45.0 Å². The van der Waals surface area contributed by atoms with Crippen molar-refractivity contribution in [3.63, 3.8) is 0 Å². The number of benzene rings is 1. The van der Waals surface area contributed by atoms with Crippen LogP contribution in [0.5, 0.6) is 0 Å². The molecule has 122 valence electrons. The van der Waals surface area contributed by atoms with Gasteiger partial charge in [0.05, 0.1) is 16.5 Å². The Hall–Kier alpha value is -2.41. The van der Waals surface area contributed by atoms with E-state index in [-0.39, 0.29) is 24.2 Å². The predicted molar refractivity (Wildman–Crippen MR) is 81.6 cm³/mol. The van der Waals surface area contributed by atoms with E-state index in [1.165, 1.54) is 18.2 Å². The van der Waals surface area contributed by atoms with Gasteiger partial charge in [0.15, 0.2) is 0 Å². The molecule has 0 saturated carbocycles. The van der Waals surface area contributed by atoms with Crippen molar-refractivity contribution >= 4 is 34.9 Å². The maximum Gasteiger partial charge on any atom is 0.271 e. The highest BCUT2D eigenvalue weighted by Crippen LogP contribution is 2.33. The van der Waals surface area contributed by atoms with E-state index in [1.54, 1.807) is 13.0 Å². The zero-order valence-electron chi connectivity index (χ0n) is 12.2. The maximum absolute atomic E-state index is 12.4. The van der Waals surface area contributed by atoms with Crippen molar-refractivity contribution in [1.29, 1.82) is 0 Å². The molecule has 1 aromatic rings. The fourth-order valence-electron chi connectivity index (χ4n) is 2.47. The third kappa shape index (κ3) is 3.87. The van der Waals surface area contributed by atoms with Crippen molar-refractivity contribution in [2.24, 2.45) is 11.8 Å². The van der Waals surface area contributed by atoms with E-state index in [2.05, 4.69) is 5.32 Å². The molecular formula is C15H14ClN2O5-. The second kappa shape index (κ2) is 6.78. The molecule has 0 aromatic heterocycles. The highest BCUT2D eigenvalue weighted by Gasteiger charge is 2.32. The second-order valence-corrected chi connectivity index (χ2v) is 5.85. The number of aryl methyl sites for hydroxylation is 1. The molecule has 0 aliphatic heterocycles. The Labute approximate surface area is 137 Å². The number of hydrogen-bond acceptors (Lipinski definition) is 5. The average molecular weight is 338 g/mol. The third-order valence-corrected chi connectivity index (χ3v) is 4.13. The highest BCUT2D eigenvalue weighted by molar-refractivity contribution is 6.29. The van der Waals surface area contributed by atoms with E-state index in [9.17, 15) is 24.8 Å². The number of carboxylic acids is 1. The van der Waals surface area contributed by atoms with Crippen molar-refractivity contribution in [2.75, 3.05) is 5.32 Å². The van der Waals surface area contributed by atoms with E-state index in [1.807, 2.05) is 0 Å². The van der Waals surface area contributed by atoms with Gasteiger partial charge in [0.2, 0.25) is 5.91 Å². The van der Waals surface area contributed by atoms with Crippen LogP contribution in [0, 0.1) is 28.9 Å². The Morgan fingerprint density at radius 2 is 2.04 bits per heavy atom. The Bertz CT molecular complexity index is 701. The largest absolute Gasteiger partial charge is 0.550 e. The summed E-state index contributed by atoms with van der Waals surface area (Å²) in [6, 6.07) is 4.08. The summed E-state index contributed by atoms with van der Waals surface area (Å²) < 4.78 is 0. The Balaban J connectivity index is 2.24. The lowest BCUT2D eigenvalue weighted by Gasteiger charge is -2.29. The van der Waals surface area contributed by atoms with Crippen LogP contribution in [-0.4, -0.2) is 16.8 Å². The zero-order valence-corrected chi connectivity index (χ0v) is 13.0. The molecule has 0 unspecified atom stereocenters. The standard InChI is InChI=1S/C15H15ClN2O5/c1-8-2-4-10(18(22)23)7-13(8)17-14(19)12-6-9(16)3-5-11(12)15(20)21/h2-4,7,11-12H,5-6H2,1H3,(H,17,19)(H,20,21)/p-1/t11-,12-/m1/s1. The summed E-state index contributed by atoms with van der Waals surface area (Å²) in [5.74, 6) is -3.72. The summed E-state index contributed by atoms with van der Waals surface area (Å²) >= 11 is 5.90. The molecule has 1 aliphatic rings. The smallest absolute Gasteiger partial charge is 0.271 e. The summed E-state index contributed by atoms with van der Waals surface area (Å²) in [5, 5.41) is 25.0. The van der Waals surface area contributed by atoms with Gasteiger partial charge in [-0.1, -0.05) is 23.7 Å². The number of aliphatic carboxylic acids is 1. The summed E-state index contributed by atoms with van der Waals surface area (Å²) in [6.07, 6.45) is 1.78. The van der Waals surface area contributed by atoms with Crippen LogP contribution < -0.4 is 10.4 Å². The Morgan fingerprint density at radius 3 is 2.65 bits per heavy atom. The molecule has 0 heterocycles. The second-order valence-electron chi connectivity index (χ2n) is 5.37. The highest BCUT2D eigenvalue weighted by atomic mass is 35.5. The minimum Gasteiger partial charge on any atom is -0.550 e. The molecule has 1 N–H and O–H groups in total. The van der Waals surface area contributed by atoms with Crippen LogP contribution in [0.4, 0.5) is 11.4 Å².